The molecule has 0 radical (unpaired) electrons. The number of rotatable bonds is 7. The number of benzene rings is 1. The largest absolute Gasteiger partial charge is 0.399 e. The Labute approximate surface area is 124 Å². The van der Waals surface area contributed by atoms with Crippen LogP contribution in [-0.4, -0.2) is 44.5 Å². The number of nitrogens with one attached hydrogen (secondary N) is 1. The SMILES string of the molecule is C=CCN(CCOC)S(=O)(=O)c1c[nH]c2cc(N)ccc12. The van der Waals surface area contributed by atoms with Gasteiger partial charge in [-0.1, -0.05) is 6.08 Å². The fraction of sp³-hybridized carbons (Fsp3) is 0.286. The van der Waals surface area contributed by atoms with Crippen molar-refractivity contribution in [2.45, 2.75) is 4.90 Å². The number of methoxy groups -OCH3 is 1. The summed E-state index contributed by atoms with van der Waals surface area (Å²) in [5.74, 6) is 0. The summed E-state index contributed by atoms with van der Waals surface area (Å²) in [7, 11) is -2.09. The fourth-order valence-corrected chi connectivity index (χ4v) is 3.67. The second kappa shape index (κ2) is 6.30. The van der Waals surface area contributed by atoms with Gasteiger partial charge in [-0.15, -0.1) is 6.58 Å². The number of nitrogen functional groups attached to an aromatic ring is 1. The maximum Gasteiger partial charge on any atom is 0.245 e. The zero-order valence-electron chi connectivity index (χ0n) is 11.9. The number of hydrogen-bond donors (Lipinski definition) is 2. The zero-order chi connectivity index (χ0) is 15.5. The van der Waals surface area contributed by atoms with E-state index in [4.69, 9.17) is 10.5 Å². The van der Waals surface area contributed by atoms with E-state index >= 15 is 0 Å². The van der Waals surface area contributed by atoms with Crippen LogP contribution in [0.2, 0.25) is 0 Å². The second-order valence-corrected chi connectivity index (χ2v) is 6.51. The van der Waals surface area contributed by atoms with E-state index in [9.17, 15) is 8.42 Å². The number of H-pyrrole nitrogens is 1. The molecule has 0 aliphatic rings. The lowest BCUT2D eigenvalue weighted by Crippen LogP contribution is -2.34. The number of fused-ring (bicyclic) bond motifs is 1. The highest BCUT2D eigenvalue weighted by atomic mass is 32.2. The smallest absolute Gasteiger partial charge is 0.245 e. The summed E-state index contributed by atoms with van der Waals surface area (Å²) in [6.07, 6.45) is 3.04. The van der Waals surface area contributed by atoms with Gasteiger partial charge in [0.2, 0.25) is 10.0 Å². The van der Waals surface area contributed by atoms with Gasteiger partial charge < -0.3 is 15.5 Å². The molecule has 2 rings (SSSR count). The van der Waals surface area contributed by atoms with E-state index in [-0.39, 0.29) is 18.0 Å². The van der Waals surface area contributed by atoms with Gasteiger partial charge in [0, 0.05) is 43.0 Å². The quantitative estimate of drug-likeness (QED) is 0.600. The standard InChI is InChI=1S/C14H19N3O3S/c1-3-6-17(7-8-20-2)21(18,19)14-10-16-13-9-11(15)4-5-12(13)14/h3-5,9-10,16H,1,6-8,15H2,2H3. The number of hydrogen-bond acceptors (Lipinski definition) is 4. The molecule has 21 heavy (non-hydrogen) atoms. The van der Waals surface area contributed by atoms with Crippen molar-refractivity contribution in [1.29, 1.82) is 0 Å². The van der Waals surface area contributed by atoms with Gasteiger partial charge in [0.25, 0.3) is 0 Å². The number of aromatic nitrogens is 1. The number of nitrogens with zero attached hydrogens (tertiary/aromatic N) is 1. The molecule has 0 spiro atoms. The molecule has 2 aromatic rings. The predicted octanol–water partition coefficient (Wildman–Crippen LogP) is 1.57. The van der Waals surface area contributed by atoms with Crippen molar-refractivity contribution in [3.05, 3.63) is 37.1 Å². The van der Waals surface area contributed by atoms with Gasteiger partial charge in [-0.05, 0) is 18.2 Å². The van der Waals surface area contributed by atoms with Gasteiger partial charge in [0.1, 0.15) is 4.90 Å². The van der Waals surface area contributed by atoms with Crippen LogP contribution in [0.5, 0.6) is 0 Å². The van der Waals surface area contributed by atoms with E-state index in [1.54, 1.807) is 24.3 Å². The predicted molar refractivity (Wildman–Crippen MR) is 83.5 cm³/mol. The maximum absolute atomic E-state index is 12.8. The summed E-state index contributed by atoms with van der Waals surface area (Å²) in [6, 6.07) is 5.10. The van der Waals surface area contributed by atoms with Crippen LogP contribution in [-0.2, 0) is 14.8 Å². The molecule has 0 aliphatic heterocycles. The van der Waals surface area contributed by atoms with Crippen molar-refractivity contribution in [2.24, 2.45) is 0 Å². The first kappa shape index (κ1) is 15.6. The van der Waals surface area contributed by atoms with Crippen molar-refractivity contribution in [1.82, 2.24) is 9.29 Å². The first-order chi connectivity index (χ1) is 10.0. The summed E-state index contributed by atoms with van der Waals surface area (Å²) in [6.45, 7) is 4.43. The van der Waals surface area contributed by atoms with Gasteiger partial charge >= 0.3 is 0 Å². The van der Waals surface area contributed by atoms with Crippen LogP contribution in [0.1, 0.15) is 0 Å². The average molecular weight is 309 g/mol. The highest BCUT2D eigenvalue weighted by Crippen LogP contribution is 2.26. The summed E-state index contributed by atoms with van der Waals surface area (Å²) < 4.78 is 31.8. The Kier molecular flexibility index (Phi) is 4.66. The van der Waals surface area contributed by atoms with Crippen LogP contribution in [0.3, 0.4) is 0 Å². The summed E-state index contributed by atoms with van der Waals surface area (Å²) >= 11 is 0. The number of ether oxygens (including phenoxy) is 1. The number of anilines is 1. The van der Waals surface area contributed by atoms with E-state index in [1.165, 1.54) is 17.6 Å². The van der Waals surface area contributed by atoms with Crippen LogP contribution in [0.15, 0.2) is 41.9 Å². The topological polar surface area (TPSA) is 88.4 Å². The lowest BCUT2D eigenvalue weighted by atomic mass is 10.2. The van der Waals surface area contributed by atoms with Gasteiger partial charge in [-0.3, -0.25) is 0 Å². The molecular formula is C14H19N3O3S. The van der Waals surface area contributed by atoms with Crippen LogP contribution < -0.4 is 5.73 Å². The van der Waals surface area contributed by atoms with Gasteiger partial charge in [0.05, 0.1) is 6.61 Å². The molecule has 7 heteroatoms. The Morgan fingerprint density at radius 2 is 2.24 bits per heavy atom. The molecule has 1 aromatic heterocycles. The Hall–Kier alpha value is -1.83. The molecule has 0 atom stereocenters. The first-order valence-electron chi connectivity index (χ1n) is 6.47. The van der Waals surface area contributed by atoms with E-state index in [0.29, 0.717) is 23.2 Å². The highest BCUT2D eigenvalue weighted by molar-refractivity contribution is 7.89. The van der Waals surface area contributed by atoms with Crippen molar-refractivity contribution < 1.29 is 13.2 Å². The Morgan fingerprint density at radius 1 is 1.48 bits per heavy atom. The third-order valence-electron chi connectivity index (χ3n) is 3.16. The van der Waals surface area contributed by atoms with Crippen molar-refractivity contribution in [3.8, 4) is 0 Å². The summed E-state index contributed by atoms with van der Waals surface area (Å²) in [5.41, 5.74) is 6.98. The average Bonchev–Trinajstić information content (AvgIpc) is 2.86. The molecule has 0 aliphatic carbocycles. The molecule has 0 bridgehead atoms. The van der Waals surface area contributed by atoms with E-state index in [1.807, 2.05) is 0 Å². The minimum atomic E-state index is -3.62. The summed E-state index contributed by atoms with van der Waals surface area (Å²) in [4.78, 5) is 3.18. The van der Waals surface area contributed by atoms with Gasteiger partial charge in [0.15, 0.2) is 0 Å². The van der Waals surface area contributed by atoms with E-state index in [2.05, 4.69) is 11.6 Å². The monoisotopic (exact) mass is 309 g/mol. The molecule has 0 saturated heterocycles. The molecule has 0 amide bonds. The Morgan fingerprint density at radius 3 is 2.90 bits per heavy atom. The van der Waals surface area contributed by atoms with E-state index < -0.39 is 10.0 Å². The van der Waals surface area contributed by atoms with Crippen LogP contribution in [0, 0.1) is 0 Å². The number of sulfonamides is 1. The minimum Gasteiger partial charge on any atom is -0.399 e. The highest BCUT2D eigenvalue weighted by Gasteiger charge is 2.26. The molecular weight excluding hydrogens is 290 g/mol. The zero-order valence-corrected chi connectivity index (χ0v) is 12.7. The first-order valence-corrected chi connectivity index (χ1v) is 7.91. The minimum absolute atomic E-state index is 0.230. The summed E-state index contributed by atoms with van der Waals surface area (Å²) in [5, 5.41) is 0.621. The van der Waals surface area contributed by atoms with Gasteiger partial charge in [-0.2, -0.15) is 4.31 Å². The number of nitrogens with two attached hydrogens (primary N) is 1. The van der Waals surface area contributed by atoms with Crippen molar-refractivity contribution >= 4 is 26.6 Å². The second-order valence-electron chi connectivity index (χ2n) is 4.60. The van der Waals surface area contributed by atoms with Gasteiger partial charge in [-0.25, -0.2) is 8.42 Å². The Bertz CT molecular complexity index is 737. The van der Waals surface area contributed by atoms with E-state index in [0.717, 1.165) is 0 Å². The van der Waals surface area contributed by atoms with Crippen LogP contribution in [0.4, 0.5) is 5.69 Å². The van der Waals surface area contributed by atoms with Crippen LogP contribution in [0.25, 0.3) is 10.9 Å². The normalized spacial score (nSPS) is 12.1. The lowest BCUT2D eigenvalue weighted by molar-refractivity contribution is 0.182. The molecule has 1 heterocycles. The molecule has 114 valence electrons. The number of aromatic amines is 1. The maximum atomic E-state index is 12.8. The molecule has 3 N–H and O–H groups in total. The van der Waals surface area contributed by atoms with Crippen molar-refractivity contribution in [3.63, 3.8) is 0 Å². The van der Waals surface area contributed by atoms with Crippen LogP contribution >= 0.6 is 0 Å². The third kappa shape index (κ3) is 3.10. The molecule has 0 saturated carbocycles. The Balaban J connectivity index is 2.46. The third-order valence-corrected chi connectivity index (χ3v) is 5.07. The lowest BCUT2D eigenvalue weighted by Gasteiger charge is -2.19. The fourth-order valence-electron chi connectivity index (χ4n) is 2.12. The molecule has 0 unspecified atom stereocenters. The molecule has 6 nitrogen and oxygen atoms in total. The van der Waals surface area contributed by atoms with Crippen molar-refractivity contribution in [2.75, 3.05) is 32.5 Å². The molecule has 0 fully saturated rings. The molecule has 1 aromatic carbocycles.